The van der Waals surface area contributed by atoms with Gasteiger partial charge in [-0.1, -0.05) is 13.8 Å². The number of aliphatic imine (C=N–C) groups is 1. The lowest BCUT2D eigenvalue weighted by Crippen LogP contribution is -2.49. The molecule has 0 saturated heterocycles. The first-order chi connectivity index (χ1) is 11.6. The lowest BCUT2D eigenvalue weighted by molar-refractivity contribution is 0.146. The number of carbonyl (C=O) groups is 1. The van der Waals surface area contributed by atoms with Gasteiger partial charge in [-0.25, -0.2) is 13.2 Å². The van der Waals surface area contributed by atoms with E-state index < -0.39 is 15.9 Å². The number of carbonyl (C=O) groups excluding carboxylic acids is 1. The van der Waals surface area contributed by atoms with Crippen molar-refractivity contribution in [3.05, 3.63) is 0 Å². The fourth-order valence-electron chi connectivity index (χ4n) is 2.21. The van der Waals surface area contributed by atoms with Gasteiger partial charge in [0.2, 0.25) is 0 Å². The SMILES string of the molecule is CCOC(=O)NC(CNC(=NC)NC(C)CCS(C)(=O)=O)CC(C)C.I. The third-order valence-electron chi connectivity index (χ3n) is 3.40. The van der Waals surface area contributed by atoms with Gasteiger partial charge in [-0.2, -0.15) is 0 Å². The maximum atomic E-state index is 11.6. The molecule has 0 spiro atoms. The fraction of sp³-hybridized carbons (Fsp3) is 0.875. The van der Waals surface area contributed by atoms with Crippen LogP contribution in [0.5, 0.6) is 0 Å². The van der Waals surface area contributed by atoms with E-state index in [1.807, 2.05) is 6.92 Å². The molecular weight excluding hydrogens is 471 g/mol. The van der Waals surface area contributed by atoms with Crippen molar-refractivity contribution >= 4 is 45.9 Å². The lowest BCUT2D eigenvalue weighted by Gasteiger charge is -2.23. The number of sulfone groups is 1. The molecule has 2 unspecified atom stereocenters. The van der Waals surface area contributed by atoms with E-state index in [0.717, 1.165) is 6.42 Å². The molecule has 0 bridgehead atoms. The van der Waals surface area contributed by atoms with Crippen LogP contribution in [0.15, 0.2) is 4.99 Å². The Bertz CT molecular complexity index is 526. The summed E-state index contributed by atoms with van der Waals surface area (Å²) >= 11 is 0. The summed E-state index contributed by atoms with van der Waals surface area (Å²) in [6.45, 7) is 8.66. The Morgan fingerprint density at radius 1 is 1.19 bits per heavy atom. The molecule has 0 aliphatic carbocycles. The summed E-state index contributed by atoms with van der Waals surface area (Å²) in [4.78, 5) is 15.8. The van der Waals surface area contributed by atoms with Crippen LogP contribution in [0.4, 0.5) is 4.79 Å². The molecule has 26 heavy (non-hydrogen) atoms. The molecule has 0 aromatic carbocycles. The van der Waals surface area contributed by atoms with E-state index in [1.54, 1.807) is 14.0 Å². The summed E-state index contributed by atoms with van der Waals surface area (Å²) < 4.78 is 27.4. The first-order valence-corrected chi connectivity index (χ1v) is 10.7. The fourth-order valence-corrected chi connectivity index (χ4v) is 2.99. The van der Waals surface area contributed by atoms with Crippen molar-refractivity contribution in [3.63, 3.8) is 0 Å². The monoisotopic (exact) mass is 506 g/mol. The van der Waals surface area contributed by atoms with E-state index in [2.05, 4.69) is 34.8 Å². The van der Waals surface area contributed by atoms with Gasteiger partial charge in [0.1, 0.15) is 9.84 Å². The molecule has 0 saturated carbocycles. The number of amides is 1. The normalized spacial score (nSPS) is 14.2. The van der Waals surface area contributed by atoms with Crippen molar-refractivity contribution in [2.75, 3.05) is 32.2 Å². The molecule has 0 rings (SSSR count). The standard InChI is InChI=1S/C16H34N4O4S.HI/c1-7-24-16(21)20-14(10-12(2)3)11-18-15(17-5)19-13(4)8-9-25(6,22)23;/h12-14H,7-11H2,1-6H3,(H,20,21)(H2,17,18,19);1H. The number of hydrogen-bond donors (Lipinski definition) is 3. The Labute approximate surface area is 175 Å². The molecule has 0 fully saturated rings. The number of nitrogens with zero attached hydrogens (tertiary/aromatic N) is 1. The zero-order chi connectivity index (χ0) is 19.5. The largest absolute Gasteiger partial charge is 0.450 e. The number of alkyl carbamates (subject to hydrolysis) is 1. The average Bonchev–Trinajstić information content (AvgIpc) is 2.48. The van der Waals surface area contributed by atoms with Crippen molar-refractivity contribution in [3.8, 4) is 0 Å². The van der Waals surface area contributed by atoms with Crippen LogP contribution in [0.3, 0.4) is 0 Å². The van der Waals surface area contributed by atoms with Crippen LogP contribution in [0.25, 0.3) is 0 Å². The van der Waals surface area contributed by atoms with Crippen molar-refractivity contribution in [1.82, 2.24) is 16.0 Å². The zero-order valence-corrected chi connectivity index (χ0v) is 19.8. The average molecular weight is 506 g/mol. The number of hydrogen-bond acceptors (Lipinski definition) is 5. The molecule has 156 valence electrons. The van der Waals surface area contributed by atoms with Crippen LogP contribution in [0, 0.1) is 5.92 Å². The minimum absolute atomic E-state index is 0. The number of rotatable bonds is 10. The number of ether oxygens (including phenoxy) is 1. The predicted octanol–water partition coefficient (Wildman–Crippen LogP) is 1.75. The predicted molar refractivity (Wildman–Crippen MR) is 117 cm³/mol. The molecule has 1 amide bonds. The topological polar surface area (TPSA) is 109 Å². The van der Waals surface area contributed by atoms with Crippen LogP contribution in [0.2, 0.25) is 0 Å². The van der Waals surface area contributed by atoms with Crippen molar-refractivity contribution in [1.29, 1.82) is 0 Å². The van der Waals surface area contributed by atoms with Gasteiger partial charge in [-0.15, -0.1) is 24.0 Å². The second kappa shape index (κ2) is 14.3. The van der Waals surface area contributed by atoms with E-state index in [1.165, 1.54) is 6.26 Å². The van der Waals surface area contributed by atoms with Crippen molar-refractivity contribution < 1.29 is 17.9 Å². The molecule has 10 heteroatoms. The van der Waals surface area contributed by atoms with Gasteiger partial charge in [0, 0.05) is 31.9 Å². The Balaban J connectivity index is 0. The highest BCUT2D eigenvalue weighted by Gasteiger charge is 2.16. The Morgan fingerprint density at radius 2 is 1.81 bits per heavy atom. The minimum Gasteiger partial charge on any atom is -0.450 e. The highest BCUT2D eigenvalue weighted by Crippen LogP contribution is 2.04. The summed E-state index contributed by atoms with van der Waals surface area (Å²) in [5.41, 5.74) is 0. The second-order valence-corrected chi connectivity index (χ2v) is 8.87. The number of guanidine groups is 1. The maximum Gasteiger partial charge on any atom is 0.407 e. The van der Waals surface area contributed by atoms with Crippen LogP contribution < -0.4 is 16.0 Å². The Kier molecular flexibility index (Phi) is 15.1. The Hall–Kier alpha value is -0.780. The smallest absolute Gasteiger partial charge is 0.407 e. The summed E-state index contributed by atoms with van der Waals surface area (Å²) in [7, 11) is -1.33. The molecule has 0 heterocycles. The van der Waals surface area contributed by atoms with Gasteiger partial charge in [-0.3, -0.25) is 4.99 Å². The molecule has 0 aliphatic heterocycles. The van der Waals surface area contributed by atoms with Crippen molar-refractivity contribution in [2.45, 2.75) is 52.6 Å². The number of halogens is 1. The molecule has 0 aliphatic rings. The third kappa shape index (κ3) is 15.5. The van der Waals surface area contributed by atoms with Crippen LogP contribution in [-0.4, -0.2) is 64.8 Å². The van der Waals surface area contributed by atoms with E-state index in [4.69, 9.17) is 4.74 Å². The quantitative estimate of drug-likeness (QED) is 0.237. The summed E-state index contributed by atoms with van der Waals surface area (Å²) in [6.07, 6.45) is 2.09. The maximum absolute atomic E-state index is 11.6. The molecule has 2 atom stereocenters. The van der Waals surface area contributed by atoms with E-state index in [0.29, 0.717) is 31.4 Å². The van der Waals surface area contributed by atoms with Crippen molar-refractivity contribution in [2.24, 2.45) is 10.9 Å². The second-order valence-electron chi connectivity index (χ2n) is 6.61. The van der Waals surface area contributed by atoms with Gasteiger partial charge in [0.05, 0.1) is 12.4 Å². The van der Waals surface area contributed by atoms with Crippen LogP contribution in [-0.2, 0) is 14.6 Å². The first-order valence-electron chi connectivity index (χ1n) is 8.65. The van der Waals surface area contributed by atoms with Crippen LogP contribution >= 0.6 is 24.0 Å². The van der Waals surface area contributed by atoms with Gasteiger partial charge in [0.15, 0.2) is 5.96 Å². The molecule has 0 aromatic rings. The van der Waals surface area contributed by atoms with Gasteiger partial charge < -0.3 is 20.7 Å². The van der Waals surface area contributed by atoms with E-state index in [-0.39, 0.29) is 41.8 Å². The van der Waals surface area contributed by atoms with Gasteiger partial charge in [-0.05, 0) is 32.6 Å². The van der Waals surface area contributed by atoms with E-state index >= 15 is 0 Å². The van der Waals surface area contributed by atoms with Gasteiger partial charge >= 0.3 is 6.09 Å². The van der Waals surface area contributed by atoms with E-state index in [9.17, 15) is 13.2 Å². The summed E-state index contributed by atoms with van der Waals surface area (Å²) in [5.74, 6) is 1.11. The molecule has 0 radical (unpaired) electrons. The third-order valence-corrected chi connectivity index (χ3v) is 4.37. The molecule has 3 N–H and O–H groups in total. The minimum atomic E-state index is -2.98. The van der Waals surface area contributed by atoms with Crippen LogP contribution in [0.1, 0.15) is 40.5 Å². The lowest BCUT2D eigenvalue weighted by atomic mass is 10.0. The number of nitrogens with one attached hydrogen (secondary N) is 3. The molecular formula is C16H35IN4O4S. The molecule has 0 aromatic heterocycles. The van der Waals surface area contributed by atoms with Gasteiger partial charge in [0.25, 0.3) is 0 Å². The summed E-state index contributed by atoms with van der Waals surface area (Å²) in [5, 5.41) is 9.17. The first kappa shape index (κ1) is 27.4. The highest BCUT2D eigenvalue weighted by molar-refractivity contribution is 14.0. The highest BCUT2D eigenvalue weighted by atomic mass is 127. The zero-order valence-electron chi connectivity index (χ0n) is 16.7. The molecule has 8 nitrogen and oxygen atoms in total. The Morgan fingerprint density at radius 3 is 2.27 bits per heavy atom. The summed E-state index contributed by atoms with van der Waals surface area (Å²) in [6, 6.07) is -0.133.